The lowest BCUT2D eigenvalue weighted by atomic mass is 10.00. The Balaban J connectivity index is 2.16. The molecule has 0 radical (unpaired) electrons. The summed E-state index contributed by atoms with van der Waals surface area (Å²) in [6.45, 7) is 7.81. The number of ketones is 2. The van der Waals surface area contributed by atoms with Gasteiger partial charge in [0.2, 0.25) is 11.6 Å². The fraction of sp³-hybridized carbons (Fsp3) is 0.429. The van der Waals surface area contributed by atoms with E-state index in [0.717, 1.165) is 0 Å². The van der Waals surface area contributed by atoms with E-state index < -0.39 is 0 Å². The maximum absolute atomic E-state index is 12.4. The van der Waals surface area contributed by atoms with Crippen LogP contribution in [0.15, 0.2) is 0 Å². The highest BCUT2D eigenvalue weighted by molar-refractivity contribution is 6.25. The van der Waals surface area contributed by atoms with Crippen LogP contribution in [-0.2, 0) is 0 Å². The molecule has 0 aliphatic heterocycles. The summed E-state index contributed by atoms with van der Waals surface area (Å²) in [6, 6.07) is 0. The van der Waals surface area contributed by atoms with E-state index in [1.807, 2.05) is 27.7 Å². The number of H-pyrrole nitrogens is 2. The van der Waals surface area contributed by atoms with Gasteiger partial charge in [-0.05, 0) is 0 Å². The van der Waals surface area contributed by atoms with Gasteiger partial charge in [-0.25, -0.2) is 9.97 Å². The van der Waals surface area contributed by atoms with Crippen molar-refractivity contribution in [3.05, 3.63) is 34.4 Å². The minimum Gasteiger partial charge on any atom is -0.338 e. The van der Waals surface area contributed by atoms with Crippen molar-refractivity contribution in [3.63, 3.8) is 0 Å². The first kappa shape index (κ1) is 12.8. The Kier molecular flexibility index (Phi) is 2.64. The standard InChI is InChI=1S/C14H16N4O2/c1-5(2)13-15-7-8(16-13)12(20)10-9(11(7)19)17-14(18-10)6(3)4/h5-6H,1-4H3,(H,15,16)(H,17,18). The van der Waals surface area contributed by atoms with Crippen molar-refractivity contribution in [3.8, 4) is 0 Å². The summed E-state index contributed by atoms with van der Waals surface area (Å²) in [6.07, 6.45) is 0. The fourth-order valence-corrected chi connectivity index (χ4v) is 2.22. The molecular formula is C14H16N4O2. The molecule has 3 rings (SSSR count). The Labute approximate surface area is 116 Å². The van der Waals surface area contributed by atoms with E-state index in [9.17, 15) is 9.59 Å². The minimum atomic E-state index is -0.291. The van der Waals surface area contributed by atoms with Crippen LogP contribution in [0.25, 0.3) is 0 Å². The molecule has 2 N–H and O–H groups in total. The lowest BCUT2D eigenvalue weighted by Gasteiger charge is -2.06. The second kappa shape index (κ2) is 4.13. The number of carbonyl (C=O) groups is 2. The predicted octanol–water partition coefficient (Wildman–Crippen LogP) is 2.16. The predicted molar refractivity (Wildman–Crippen MR) is 72.2 cm³/mol. The van der Waals surface area contributed by atoms with Crippen LogP contribution in [-0.4, -0.2) is 31.5 Å². The molecule has 0 saturated carbocycles. The quantitative estimate of drug-likeness (QED) is 0.747. The second-order valence-corrected chi connectivity index (χ2v) is 5.66. The third-order valence-corrected chi connectivity index (χ3v) is 3.42. The number of hydrogen-bond acceptors (Lipinski definition) is 4. The maximum atomic E-state index is 12.4. The summed E-state index contributed by atoms with van der Waals surface area (Å²) in [5.74, 6) is 1.00. The van der Waals surface area contributed by atoms with Crippen molar-refractivity contribution in [2.24, 2.45) is 0 Å². The number of carbonyl (C=O) groups excluding carboxylic acids is 2. The molecule has 0 atom stereocenters. The van der Waals surface area contributed by atoms with E-state index in [2.05, 4.69) is 19.9 Å². The van der Waals surface area contributed by atoms with Crippen LogP contribution in [0.3, 0.4) is 0 Å². The van der Waals surface area contributed by atoms with Gasteiger partial charge in [0, 0.05) is 11.8 Å². The van der Waals surface area contributed by atoms with Gasteiger partial charge in [0.05, 0.1) is 0 Å². The summed E-state index contributed by atoms with van der Waals surface area (Å²) >= 11 is 0. The number of imidazole rings is 2. The molecule has 6 heteroatoms. The Hall–Kier alpha value is -2.24. The summed E-state index contributed by atoms with van der Waals surface area (Å²) in [4.78, 5) is 39.3. The molecule has 2 heterocycles. The largest absolute Gasteiger partial charge is 0.338 e. The van der Waals surface area contributed by atoms with E-state index >= 15 is 0 Å². The van der Waals surface area contributed by atoms with E-state index in [-0.39, 0.29) is 46.2 Å². The van der Waals surface area contributed by atoms with Gasteiger partial charge in [0.25, 0.3) is 0 Å². The van der Waals surface area contributed by atoms with Gasteiger partial charge in [-0.2, -0.15) is 0 Å². The van der Waals surface area contributed by atoms with Gasteiger partial charge >= 0.3 is 0 Å². The van der Waals surface area contributed by atoms with Crippen LogP contribution in [0.1, 0.15) is 83.5 Å². The fourth-order valence-electron chi connectivity index (χ4n) is 2.22. The first-order chi connectivity index (χ1) is 9.40. The number of fused-ring (bicyclic) bond motifs is 2. The van der Waals surface area contributed by atoms with Gasteiger partial charge in [-0.3, -0.25) is 9.59 Å². The second-order valence-electron chi connectivity index (χ2n) is 5.66. The van der Waals surface area contributed by atoms with Crippen LogP contribution >= 0.6 is 0 Å². The molecule has 20 heavy (non-hydrogen) atoms. The van der Waals surface area contributed by atoms with Crippen molar-refractivity contribution in [1.29, 1.82) is 0 Å². The zero-order chi connectivity index (χ0) is 14.6. The molecule has 0 saturated heterocycles. The molecule has 0 spiro atoms. The topological polar surface area (TPSA) is 91.5 Å². The average Bonchev–Trinajstić information content (AvgIpc) is 3.00. The van der Waals surface area contributed by atoms with Crippen LogP contribution in [0.4, 0.5) is 0 Å². The van der Waals surface area contributed by atoms with E-state index in [0.29, 0.717) is 11.6 Å². The van der Waals surface area contributed by atoms with Gasteiger partial charge < -0.3 is 9.97 Å². The molecule has 0 amide bonds. The van der Waals surface area contributed by atoms with Crippen LogP contribution in [0, 0.1) is 0 Å². The molecule has 2 aromatic rings. The van der Waals surface area contributed by atoms with Crippen molar-refractivity contribution in [1.82, 2.24) is 19.9 Å². The van der Waals surface area contributed by atoms with Gasteiger partial charge in [0.1, 0.15) is 34.4 Å². The maximum Gasteiger partial charge on any atom is 0.234 e. The number of nitrogens with zero attached hydrogens (tertiary/aromatic N) is 2. The van der Waals surface area contributed by atoms with Crippen LogP contribution < -0.4 is 0 Å². The minimum absolute atomic E-state index is 0.124. The van der Waals surface area contributed by atoms with E-state index in [1.165, 1.54) is 0 Å². The molecule has 6 nitrogen and oxygen atoms in total. The monoisotopic (exact) mass is 272 g/mol. The molecule has 0 unspecified atom stereocenters. The van der Waals surface area contributed by atoms with Gasteiger partial charge in [-0.15, -0.1) is 0 Å². The highest BCUT2D eigenvalue weighted by atomic mass is 16.1. The summed E-state index contributed by atoms with van der Waals surface area (Å²) in [5, 5.41) is 0. The summed E-state index contributed by atoms with van der Waals surface area (Å²) in [5.41, 5.74) is 0.913. The molecular weight excluding hydrogens is 256 g/mol. The Morgan fingerprint density at radius 1 is 0.750 bits per heavy atom. The van der Waals surface area contributed by atoms with Crippen molar-refractivity contribution in [2.75, 3.05) is 0 Å². The van der Waals surface area contributed by atoms with Crippen molar-refractivity contribution < 1.29 is 9.59 Å². The zero-order valence-electron chi connectivity index (χ0n) is 11.9. The number of nitrogens with one attached hydrogen (secondary N) is 2. The lowest BCUT2D eigenvalue weighted by molar-refractivity contribution is 0.0969. The Bertz CT molecular complexity index is 612. The number of aromatic amines is 2. The normalized spacial score (nSPS) is 14.1. The van der Waals surface area contributed by atoms with Gasteiger partial charge in [-0.1, -0.05) is 27.7 Å². The SMILES string of the molecule is CC(C)c1nc2c([nH]1)C(=O)c1[nH]c(C(C)C)nc1C2=O. The van der Waals surface area contributed by atoms with Crippen LogP contribution in [0.5, 0.6) is 0 Å². The smallest absolute Gasteiger partial charge is 0.234 e. The third kappa shape index (κ3) is 1.64. The summed E-state index contributed by atoms with van der Waals surface area (Å²) in [7, 11) is 0. The molecule has 1 aliphatic rings. The first-order valence-corrected chi connectivity index (χ1v) is 6.69. The Morgan fingerprint density at radius 3 is 1.50 bits per heavy atom. The Morgan fingerprint density at radius 2 is 1.15 bits per heavy atom. The highest BCUT2D eigenvalue weighted by Crippen LogP contribution is 2.27. The number of rotatable bonds is 2. The number of hydrogen-bond donors (Lipinski definition) is 2. The molecule has 0 fully saturated rings. The van der Waals surface area contributed by atoms with Crippen molar-refractivity contribution in [2.45, 2.75) is 39.5 Å². The summed E-state index contributed by atoms with van der Waals surface area (Å²) < 4.78 is 0. The highest BCUT2D eigenvalue weighted by Gasteiger charge is 2.36. The van der Waals surface area contributed by atoms with Crippen LogP contribution in [0.2, 0.25) is 0 Å². The molecule has 2 aromatic heterocycles. The first-order valence-electron chi connectivity index (χ1n) is 6.69. The molecule has 0 aromatic carbocycles. The molecule has 0 bridgehead atoms. The number of aromatic nitrogens is 4. The average molecular weight is 272 g/mol. The van der Waals surface area contributed by atoms with E-state index in [4.69, 9.17) is 0 Å². The lowest BCUT2D eigenvalue weighted by Crippen LogP contribution is -2.20. The molecule has 1 aliphatic carbocycles. The van der Waals surface area contributed by atoms with Gasteiger partial charge in [0.15, 0.2) is 0 Å². The third-order valence-electron chi connectivity index (χ3n) is 3.42. The molecule has 104 valence electrons. The zero-order valence-corrected chi connectivity index (χ0v) is 11.9. The van der Waals surface area contributed by atoms with Crippen molar-refractivity contribution >= 4 is 11.6 Å². The van der Waals surface area contributed by atoms with E-state index in [1.54, 1.807) is 0 Å².